The first kappa shape index (κ1) is 32.5. The van der Waals surface area contributed by atoms with Crippen LogP contribution in [-0.4, -0.2) is 56.8 Å². The Kier molecular flexibility index (Phi) is 9.54. The van der Waals surface area contributed by atoms with Crippen molar-refractivity contribution >= 4 is 31.6 Å². The Morgan fingerprint density at radius 1 is 0.778 bits per heavy atom. The maximum atomic E-state index is 11.4. The Labute approximate surface area is 265 Å². The summed E-state index contributed by atoms with van der Waals surface area (Å²) in [6.07, 6.45) is 9.62. The van der Waals surface area contributed by atoms with Crippen molar-refractivity contribution in [3.63, 3.8) is 0 Å². The molecule has 0 aromatic heterocycles. The molecule has 0 spiro atoms. The SMILES string of the molecule is CC1(C)C(=CC=CC=CC2Oc3ccc(-c4ccccc4)cc3N2CCCS(=O)(=O)O)N(CCCS(=O)(=O)O)c2ccccc21. The lowest BCUT2D eigenvalue weighted by atomic mass is 9.84. The first-order valence-electron chi connectivity index (χ1n) is 14.8. The Bertz CT molecular complexity index is 1830. The molecule has 45 heavy (non-hydrogen) atoms. The first-order chi connectivity index (χ1) is 21.3. The van der Waals surface area contributed by atoms with E-state index in [4.69, 9.17) is 4.74 Å². The number of fused-ring (bicyclic) bond motifs is 2. The number of ether oxygens (including phenoxy) is 1. The summed E-state index contributed by atoms with van der Waals surface area (Å²) < 4.78 is 70.3. The summed E-state index contributed by atoms with van der Waals surface area (Å²) in [4.78, 5) is 4.09. The van der Waals surface area contributed by atoms with Crippen LogP contribution in [0.1, 0.15) is 32.3 Å². The molecule has 1 atom stereocenters. The molecule has 0 fully saturated rings. The Hall–Kier alpha value is -3.90. The van der Waals surface area contributed by atoms with Crippen LogP contribution in [0.4, 0.5) is 11.4 Å². The highest BCUT2D eigenvalue weighted by Crippen LogP contribution is 2.47. The van der Waals surface area contributed by atoms with Gasteiger partial charge in [0.15, 0.2) is 6.23 Å². The Balaban J connectivity index is 1.36. The number of para-hydroxylation sites is 1. The van der Waals surface area contributed by atoms with Gasteiger partial charge in [0.05, 0.1) is 17.2 Å². The predicted octanol–water partition coefficient (Wildman–Crippen LogP) is 6.23. The molecule has 2 heterocycles. The minimum atomic E-state index is -4.09. The third-order valence-corrected chi connectivity index (χ3v) is 9.68. The average Bonchev–Trinajstić information content (AvgIpc) is 3.43. The van der Waals surface area contributed by atoms with Crippen molar-refractivity contribution in [2.75, 3.05) is 34.4 Å². The predicted molar refractivity (Wildman–Crippen MR) is 179 cm³/mol. The van der Waals surface area contributed by atoms with E-state index in [-0.39, 0.29) is 29.8 Å². The maximum absolute atomic E-state index is 11.4. The molecule has 0 radical (unpaired) electrons. The van der Waals surface area contributed by atoms with E-state index in [1.807, 2.05) is 102 Å². The summed E-state index contributed by atoms with van der Waals surface area (Å²) in [6, 6.07) is 23.9. The van der Waals surface area contributed by atoms with Gasteiger partial charge < -0.3 is 14.5 Å². The van der Waals surface area contributed by atoms with Crippen LogP contribution in [0.3, 0.4) is 0 Å². The fraction of sp³-hybridized carbons (Fsp3) is 0.294. The second-order valence-corrected chi connectivity index (χ2v) is 14.8. The molecular weight excluding hydrogens is 613 g/mol. The van der Waals surface area contributed by atoms with E-state index in [1.165, 1.54) is 0 Å². The Morgan fingerprint density at radius 2 is 1.44 bits per heavy atom. The quantitative estimate of drug-likeness (QED) is 0.173. The van der Waals surface area contributed by atoms with Gasteiger partial charge in [-0.15, -0.1) is 0 Å². The largest absolute Gasteiger partial charge is 0.465 e. The van der Waals surface area contributed by atoms with Crippen molar-refractivity contribution in [1.29, 1.82) is 0 Å². The molecule has 2 aliphatic heterocycles. The molecule has 0 aliphatic carbocycles. The van der Waals surface area contributed by atoms with Crippen molar-refractivity contribution < 1.29 is 30.7 Å². The number of anilines is 2. The van der Waals surface area contributed by atoms with E-state index >= 15 is 0 Å². The molecule has 2 aliphatic rings. The lowest BCUT2D eigenvalue weighted by Gasteiger charge is -2.27. The topological polar surface area (TPSA) is 124 Å². The molecule has 3 aromatic carbocycles. The molecule has 0 amide bonds. The number of rotatable bonds is 12. The van der Waals surface area contributed by atoms with Gasteiger partial charge in [0.2, 0.25) is 0 Å². The third kappa shape index (κ3) is 7.85. The summed E-state index contributed by atoms with van der Waals surface area (Å²) in [5.41, 5.74) is 5.75. The number of allylic oxidation sites excluding steroid dienone is 5. The lowest BCUT2D eigenvalue weighted by Crippen LogP contribution is -2.34. The van der Waals surface area contributed by atoms with E-state index in [0.29, 0.717) is 18.8 Å². The highest BCUT2D eigenvalue weighted by molar-refractivity contribution is 7.86. The van der Waals surface area contributed by atoms with Crippen molar-refractivity contribution in [1.82, 2.24) is 0 Å². The van der Waals surface area contributed by atoms with Gasteiger partial charge in [-0.1, -0.05) is 86.7 Å². The van der Waals surface area contributed by atoms with Gasteiger partial charge >= 0.3 is 0 Å². The van der Waals surface area contributed by atoms with Gasteiger partial charge in [-0.05, 0) is 59.9 Å². The first-order valence-corrected chi connectivity index (χ1v) is 18.0. The highest BCUT2D eigenvalue weighted by atomic mass is 32.2. The van der Waals surface area contributed by atoms with Crippen LogP contribution < -0.4 is 14.5 Å². The van der Waals surface area contributed by atoms with Gasteiger partial charge in [0, 0.05) is 29.9 Å². The molecule has 9 nitrogen and oxygen atoms in total. The van der Waals surface area contributed by atoms with Crippen molar-refractivity contribution in [2.24, 2.45) is 0 Å². The normalized spacial score (nSPS) is 18.6. The van der Waals surface area contributed by atoms with E-state index in [1.54, 1.807) is 0 Å². The zero-order valence-electron chi connectivity index (χ0n) is 25.3. The standard InChI is InChI=1S/C34H38N2O7S2/c1-34(2)28-15-9-10-16-29(28)35(21-11-23-44(37,38)39)32(34)17-7-4-8-18-33-36(22-12-24-45(40,41)42)30-25-27(19-20-31(30)43-33)26-13-5-3-6-14-26/h3-10,13-20,25,33H,11-12,21-24H2,1-2H3,(H,37,38,39)(H,40,41,42). The molecule has 0 saturated carbocycles. The van der Waals surface area contributed by atoms with Crippen molar-refractivity contribution in [3.8, 4) is 16.9 Å². The molecular formula is C34H38N2O7S2. The van der Waals surface area contributed by atoms with Crippen LogP contribution in [0.25, 0.3) is 11.1 Å². The summed E-state index contributed by atoms with van der Waals surface area (Å²) in [6.45, 7) is 5.05. The van der Waals surface area contributed by atoms with Crippen LogP contribution >= 0.6 is 0 Å². The smallest absolute Gasteiger partial charge is 0.264 e. The fourth-order valence-corrected chi connectivity index (χ4v) is 6.94. The minimum absolute atomic E-state index is 0.229. The zero-order chi connectivity index (χ0) is 32.2. The van der Waals surface area contributed by atoms with E-state index in [2.05, 4.69) is 24.8 Å². The minimum Gasteiger partial charge on any atom is -0.465 e. The summed E-state index contributed by atoms with van der Waals surface area (Å²) in [7, 11) is -8.14. The summed E-state index contributed by atoms with van der Waals surface area (Å²) in [5.74, 6) is 0.0308. The molecule has 0 bridgehead atoms. The average molecular weight is 651 g/mol. The monoisotopic (exact) mass is 650 g/mol. The van der Waals surface area contributed by atoms with Gasteiger partial charge in [-0.2, -0.15) is 16.8 Å². The molecule has 5 rings (SSSR count). The van der Waals surface area contributed by atoms with E-state index in [0.717, 1.165) is 33.8 Å². The lowest BCUT2D eigenvalue weighted by molar-refractivity contribution is 0.273. The van der Waals surface area contributed by atoms with Crippen LogP contribution in [-0.2, 0) is 25.7 Å². The summed E-state index contributed by atoms with van der Waals surface area (Å²) >= 11 is 0. The van der Waals surface area contributed by atoms with Crippen molar-refractivity contribution in [3.05, 3.63) is 114 Å². The maximum Gasteiger partial charge on any atom is 0.264 e. The van der Waals surface area contributed by atoms with Crippen LogP contribution in [0, 0.1) is 0 Å². The van der Waals surface area contributed by atoms with Gasteiger partial charge in [0.1, 0.15) is 5.75 Å². The number of hydrogen-bond acceptors (Lipinski definition) is 7. The second kappa shape index (κ2) is 13.2. The Morgan fingerprint density at radius 3 is 2.16 bits per heavy atom. The van der Waals surface area contributed by atoms with E-state index < -0.39 is 26.5 Å². The van der Waals surface area contributed by atoms with E-state index in [9.17, 15) is 25.9 Å². The van der Waals surface area contributed by atoms with Gasteiger partial charge in [0.25, 0.3) is 20.2 Å². The van der Waals surface area contributed by atoms with Gasteiger partial charge in [-0.3, -0.25) is 9.11 Å². The molecule has 11 heteroatoms. The van der Waals surface area contributed by atoms with Crippen LogP contribution in [0.5, 0.6) is 5.75 Å². The molecule has 3 aromatic rings. The van der Waals surface area contributed by atoms with Crippen molar-refractivity contribution in [2.45, 2.75) is 38.3 Å². The second-order valence-electron chi connectivity index (χ2n) is 11.6. The van der Waals surface area contributed by atoms with Crippen LogP contribution in [0.15, 0.2) is 109 Å². The molecule has 2 N–H and O–H groups in total. The van der Waals surface area contributed by atoms with Crippen LogP contribution in [0.2, 0.25) is 0 Å². The van der Waals surface area contributed by atoms with Gasteiger partial charge in [-0.25, -0.2) is 0 Å². The number of benzene rings is 3. The highest BCUT2D eigenvalue weighted by Gasteiger charge is 2.39. The number of hydrogen-bond donors (Lipinski definition) is 2. The number of nitrogens with zero attached hydrogens (tertiary/aromatic N) is 2. The zero-order valence-corrected chi connectivity index (χ0v) is 26.9. The molecule has 238 valence electrons. The molecule has 0 saturated heterocycles. The fourth-order valence-electron chi connectivity index (χ4n) is 5.95. The third-order valence-electron chi connectivity index (χ3n) is 8.07. The summed E-state index contributed by atoms with van der Waals surface area (Å²) in [5, 5.41) is 0. The molecule has 1 unspecified atom stereocenters.